The van der Waals surface area contributed by atoms with E-state index in [0.29, 0.717) is 30.5 Å². The molecule has 0 saturated carbocycles. The molecule has 3 aromatic rings. The van der Waals surface area contributed by atoms with Crippen molar-refractivity contribution in [1.82, 2.24) is 14.6 Å². The van der Waals surface area contributed by atoms with E-state index in [1.165, 1.54) is 17.1 Å². The normalized spacial score (nSPS) is 15.4. The Morgan fingerprint density at radius 2 is 1.97 bits per heavy atom. The van der Waals surface area contributed by atoms with E-state index >= 15 is 0 Å². The van der Waals surface area contributed by atoms with Gasteiger partial charge in [0.1, 0.15) is 11.6 Å². The lowest BCUT2D eigenvalue weighted by Crippen LogP contribution is -2.27. The summed E-state index contributed by atoms with van der Waals surface area (Å²) in [4.78, 5) is 17.0. The maximum Gasteiger partial charge on any atom is 0.243 e. The van der Waals surface area contributed by atoms with E-state index in [0.717, 1.165) is 22.7 Å². The second-order valence-electron chi connectivity index (χ2n) is 7.43. The van der Waals surface area contributed by atoms with E-state index in [4.69, 9.17) is 5.26 Å². The van der Waals surface area contributed by atoms with Gasteiger partial charge in [-0.2, -0.15) is 10.4 Å². The number of hydrazone groups is 1. The zero-order chi connectivity index (χ0) is 22.0. The number of imidazole rings is 1. The zero-order valence-corrected chi connectivity index (χ0v) is 16.6. The maximum absolute atomic E-state index is 13.6. The molecule has 0 aliphatic carbocycles. The molecule has 0 spiro atoms. The highest BCUT2D eigenvalue weighted by Gasteiger charge is 2.28. The molecule has 2 aromatic carbocycles. The van der Waals surface area contributed by atoms with Crippen LogP contribution < -0.4 is 0 Å². The third-order valence-electron chi connectivity index (χ3n) is 5.19. The van der Waals surface area contributed by atoms with E-state index in [9.17, 15) is 13.6 Å². The summed E-state index contributed by atoms with van der Waals surface area (Å²) < 4.78 is 29.1. The Bertz CT molecular complexity index is 1220. The monoisotopic (exact) mass is 419 g/mol. The van der Waals surface area contributed by atoms with E-state index in [2.05, 4.69) is 22.7 Å². The summed E-state index contributed by atoms with van der Waals surface area (Å²) in [6.45, 7) is 4.54. The molecule has 1 aliphatic rings. The quantitative estimate of drug-likeness (QED) is 0.553. The second kappa shape index (κ2) is 8.48. The summed E-state index contributed by atoms with van der Waals surface area (Å²) in [7, 11) is 0. The number of rotatable bonds is 6. The molecular formula is C23H19F2N5O. The van der Waals surface area contributed by atoms with Crippen molar-refractivity contribution >= 4 is 23.2 Å². The van der Waals surface area contributed by atoms with Gasteiger partial charge in [0.15, 0.2) is 0 Å². The molecule has 1 aromatic heterocycles. The van der Waals surface area contributed by atoms with Crippen molar-refractivity contribution in [3.05, 3.63) is 77.6 Å². The Hall–Kier alpha value is -3.86. The number of nitrogens with zero attached hydrogens (tertiary/aromatic N) is 5. The Morgan fingerprint density at radius 3 is 2.71 bits per heavy atom. The van der Waals surface area contributed by atoms with Crippen molar-refractivity contribution in [2.45, 2.75) is 31.8 Å². The van der Waals surface area contributed by atoms with Crippen molar-refractivity contribution in [3.63, 3.8) is 0 Å². The number of amides is 1. The van der Waals surface area contributed by atoms with Crippen molar-refractivity contribution < 1.29 is 13.6 Å². The Kier molecular flexibility index (Phi) is 5.58. The van der Waals surface area contributed by atoms with Crippen LogP contribution in [-0.4, -0.2) is 26.7 Å². The van der Waals surface area contributed by atoms with Crippen molar-refractivity contribution in [2.75, 3.05) is 0 Å². The molecule has 1 unspecified atom stereocenters. The summed E-state index contributed by atoms with van der Waals surface area (Å²) in [6.07, 6.45) is 4.27. The third kappa shape index (κ3) is 4.36. The number of nitriles is 1. The van der Waals surface area contributed by atoms with Gasteiger partial charge in [-0.25, -0.2) is 18.8 Å². The molecule has 0 saturated heterocycles. The van der Waals surface area contributed by atoms with E-state index < -0.39 is 17.7 Å². The molecule has 1 aliphatic heterocycles. The molecule has 31 heavy (non-hydrogen) atoms. The van der Waals surface area contributed by atoms with Crippen molar-refractivity contribution in [1.29, 1.82) is 5.26 Å². The van der Waals surface area contributed by atoms with Crippen LogP contribution in [0.4, 0.5) is 8.78 Å². The minimum absolute atomic E-state index is 0.176. The first-order chi connectivity index (χ1) is 14.9. The van der Waals surface area contributed by atoms with Crippen LogP contribution in [-0.2, 0) is 11.3 Å². The molecular weight excluding hydrogens is 400 g/mol. The lowest BCUT2D eigenvalue weighted by molar-refractivity contribution is -0.133. The molecule has 0 N–H and O–H groups in total. The number of hydrogen-bond acceptors (Lipinski definition) is 4. The molecule has 2 heterocycles. The van der Waals surface area contributed by atoms with E-state index in [1.54, 1.807) is 24.7 Å². The summed E-state index contributed by atoms with van der Waals surface area (Å²) in [5.74, 6) is -1.60. The summed E-state index contributed by atoms with van der Waals surface area (Å²) in [5.41, 5.74) is 3.35. The summed E-state index contributed by atoms with van der Waals surface area (Å²) in [6, 6.07) is 10.1. The maximum atomic E-state index is 13.6. The van der Waals surface area contributed by atoms with E-state index in [-0.39, 0.29) is 12.3 Å². The highest BCUT2D eigenvalue weighted by molar-refractivity contribution is 5.80. The lowest BCUT2D eigenvalue weighted by atomic mass is 10.0. The number of carbonyl (C=O) groups is 1. The smallest absolute Gasteiger partial charge is 0.243 e. The van der Waals surface area contributed by atoms with Gasteiger partial charge < -0.3 is 4.57 Å². The number of benzene rings is 2. The third-order valence-corrected chi connectivity index (χ3v) is 5.19. The topological polar surface area (TPSA) is 74.3 Å². The number of fused-ring (bicyclic) bond motifs is 1. The Morgan fingerprint density at radius 1 is 1.19 bits per heavy atom. The highest BCUT2D eigenvalue weighted by atomic mass is 19.1. The molecule has 1 atom stereocenters. The van der Waals surface area contributed by atoms with Crippen LogP contribution in [0.3, 0.4) is 0 Å². The van der Waals surface area contributed by atoms with Gasteiger partial charge in [0.05, 0.1) is 35.0 Å². The number of aromatic nitrogens is 2. The standard InChI is InChI=1S/C23H19F2N5O/c1-15(13-29-14-27-20-8-16(12-26)3-4-22(20)29)2-5-23(31)30-21(6-7-28-30)17-9-18(24)11-19(25)10-17/h3-4,7-11,14,21H,1-2,5-6,13H2. The second-order valence-corrected chi connectivity index (χ2v) is 7.43. The van der Waals surface area contributed by atoms with Gasteiger partial charge in [-0.3, -0.25) is 4.79 Å². The zero-order valence-electron chi connectivity index (χ0n) is 16.6. The largest absolute Gasteiger partial charge is 0.326 e. The van der Waals surface area contributed by atoms with Gasteiger partial charge in [-0.05, 0) is 42.3 Å². The SMILES string of the molecule is C=C(CCC(=O)N1N=CCC1c1cc(F)cc(F)c1)Cn1cnc2cc(C#N)ccc21. The van der Waals surface area contributed by atoms with Gasteiger partial charge in [0.2, 0.25) is 5.91 Å². The number of carbonyl (C=O) groups excluding carboxylic acids is 1. The van der Waals surface area contributed by atoms with Crippen LogP contribution in [0.2, 0.25) is 0 Å². The fourth-order valence-corrected chi connectivity index (χ4v) is 3.68. The Labute approximate surface area is 177 Å². The van der Waals surface area contributed by atoms with Crippen molar-refractivity contribution in [2.24, 2.45) is 5.10 Å². The molecule has 156 valence electrons. The summed E-state index contributed by atoms with van der Waals surface area (Å²) in [5, 5.41) is 14.4. The van der Waals surface area contributed by atoms with Crippen LogP contribution in [0.15, 0.2) is 60.0 Å². The van der Waals surface area contributed by atoms with Gasteiger partial charge >= 0.3 is 0 Å². The fraction of sp³-hybridized carbons (Fsp3) is 0.217. The predicted octanol–water partition coefficient (Wildman–Crippen LogP) is 4.48. The molecule has 4 rings (SSSR count). The predicted molar refractivity (Wildman–Crippen MR) is 112 cm³/mol. The van der Waals surface area contributed by atoms with Crippen LogP contribution in [0, 0.1) is 23.0 Å². The van der Waals surface area contributed by atoms with Crippen LogP contribution >= 0.6 is 0 Å². The average molecular weight is 419 g/mol. The van der Waals surface area contributed by atoms with Crippen LogP contribution in [0.25, 0.3) is 11.0 Å². The van der Waals surface area contributed by atoms with Gasteiger partial charge in [0.25, 0.3) is 0 Å². The summed E-state index contributed by atoms with van der Waals surface area (Å²) >= 11 is 0. The molecule has 8 heteroatoms. The minimum atomic E-state index is -0.683. The molecule has 6 nitrogen and oxygen atoms in total. The first-order valence-corrected chi connectivity index (χ1v) is 9.77. The minimum Gasteiger partial charge on any atom is -0.326 e. The highest BCUT2D eigenvalue weighted by Crippen LogP contribution is 2.30. The lowest BCUT2D eigenvalue weighted by Gasteiger charge is -2.22. The first kappa shape index (κ1) is 20.4. The molecule has 0 bridgehead atoms. The first-order valence-electron chi connectivity index (χ1n) is 9.77. The van der Waals surface area contributed by atoms with Gasteiger partial charge in [-0.15, -0.1) is 0 Å². The Balaban J connectivity index is 1.38. The van der Waals surface area contributed by atoms with Gasteiger partial charge in [-0.1, -0.05) is 12.2 Å². The van der Waals surface area contributed by atoms with Crippen LogP contribution in [0.5, 0.6) is 0 Å². The number of halogens is 2. The molecule has 0 radical (unpaired) electrons. The van der Waals surface area contributed by atoms with Gasteiger partial charge in [0, 0.05) is 31.7 Å². The van der Waals surface area contributed by atoms with Crippen LogP contribution in [0.1, 0.15) is 36.4 Å². The molecule has 0 fully saturated rings. The fourth-order valence-electron chi connectivity index (χ4n) is 3.68. The van der Waals surface area contributed by atoms with E-state index in [1.807, 2.05) is 10.6 Å². The number of hydrogen-bond donors (Lipinski definition) is 0. The number of allylic oxidation sites excluding steroid dienone is 1. The van der Waals surface area contributed by atoms with Crippen molar-refractivity contribution in [3.8, 4) is 6.07 Å². The average Bonchev–Trinajstić information content (AvgIpc) is 3.38. The molecule has 1 amide bonds.